The number of aliphatic hydroxyl groups is 1. The molecule has 1 fully saturated rings. The van der Waals surface area contributed by atoms with Crippen molar-refractivity contribution >= 4 is 15.9 Å². The van der Waals surface area contributed by atoms with Crippen LogP contribution in [0.2, 0.25) is 0 Å². The number of β-amino-alcohol motifs (C(OH)–C–C–N with tert-alkyl or cyclic N) is 1. The number of piperidine rings is 1. The van der Waals surface area contributed by atoms with E-state index in [4.69, 9.17) is 0 Å². The van der Waals surface area contributed by atoms with E-state index in [1.54, 1.807) is 0 Å². The lowest BCUT2D eigenvalue weighted by Gasteiger charge is -2.34. The van der Waals surface area contributed by atoms with Crippen molar-refractivity contribution in [3.8, 4) is 0 Å². The summed E-state index contributed by atoms with van der Waals surface area (Å²) in [5.41, 5.74) is 2.31. The fraction of sp³-hybridized carbons (Fsp3) is 0.769. The van der Waals surface area contributed by atoms with Gasteiger partial charge in [0.15, 0.2) is 0 Å². The molecule has 0 aliphatic carbocycles. The van der Waals surface area contributed by atoms with Gasteiger partial charge in [0.05, 0.1) is 22.0 Å². The number of aromatic nitrogens is 2. The van der Waals surface area contributed by atoms with Crippen LogP contribution >= 0.6 is 15.9 Å². The molecular formula is C13H22BrN3O. The average molecular weight is 316 g/mol. The molecule has 2 heterocycles. The topological polar surface area (TPSA) is 41.3 Å². The van der Waals surface area contributed by atoms with Gasteiger partial charge in [-0.15, -0.1) is 0 Å². The van der Waals surface area contributed by atoms with Crippen LogP contribution in [0.3, 0.4) is 0 Å². The van der Waals surface area contributed by atoms with Crippen LogP contribution in [0.15, 0.2) is 4.47 Å². The third kappa shape index (κ3) is 2.78. The summed E-state index contributed by atoms with van der Waals surface area (Å²) in [6.07, 6.45) is 1.81. The summed E-state index contributed by atoms with van der Waals surface area (Å²) in [5.74, 6) is 0.419. The molecule has 2 atom stereocenters. The Hall–Kier alpha value is -0.390. The van der Waals surface area contributed by atoms with E-state index in [1.165, 1.54) is 5.69 Å². The Bertz CT molecular complexity index is 419. The minimum atomic E-state index is -0.198. The van der Waals surface area contributed by atoms with E-state index in [9.17, 15) is 5.11 Å². The number of hydrogen-bond acceptors (Lipinski definition) is 3. The molecule has 1 aromatic rings. The molecule has 2 rings (SSSR count). The second kappa shape index (κ2) is 5.72. The Morgan fingerprint density at radius 2 is 2.22 bits per heavy atom. The number of aryl methyl sites for hydroxylation is 2. The van der Waals surface area contributed by atoms with Gasteiger partial charge in [-0.3, -0.25) is 9.58 Å². The Labute approximate surface area is 117 Å². The summed E-state index contributed by atoms with van der Waals surface area (Å²) >= 11 is 3.64. The van der Waals surface area contributed by atoms with Gasteiger partial charge in [0.25, 0.3) is 0 Å². The Morgan fingerprint density at radius 3 is 2.78 bits per heavy atom. The minimum Gasteiger partial charge on any atom is -0.392 e. The lowest BCUT2D eigenvalue weighted by molar-refractivity contribution is 0.0249. The molecule has 0 spiro atoms. The van der Waals surface area contributed by atoms with Crippen molar-refractivity contribution in [1.29, 1.82) is 0 Å². The molecule has 5 heteroatoms. The summed E-state index contributed by atoms with van der Waals surface area (Å²) in [4.78, 5) is 2.31. The molecular weight excluding hydrogens is 294 g/mol. The first-order valence-corrected chi connectivity index (χ1v) is 7.42. The van der Waals surface area contributed by atoms with Gasteiger partial charge in [0, 0.05) is 20.1 Å². The quantitative estimate of drug-likeness (QED) is 0.927. The van der Waals surface area contributed by atoms with Gasteiger partial charge in [0.2, 0.25) is 0 Å². The standard InChI is InChI=1S/C13H22BrN3O/c1-4-10-13(14)11(16(3)15-10)7-17-6-5-9(2)12(18)8-17/h9,12,18H,4-8H2,1-3H3. The summed E-state index contributed by atoms with van der Waals surface area (Å²) in [5, 5.41) is 14.4. The molecule has 1 saturated heterocycles. The highest BCUT2D eigenvalue weighted by Crippen LogP contribution is 2.25. The number of nitrogens with zero attached hydrogens (tertiary/aromatic N) is 3. The third-order valence-corrected chi connectivity index (χ3v) is 4.79. The highest BCUT2D eigenvalue weighted by atomic mass is 79.9. The first-order valence-electron chi connectivity index (χ1n) is 6.63. The zero-order chi connectivity index (χ0) is 13.3. The molecule has 102 valence electrons. The molecule has 1 aliphatic rings. The second-order valence-electron chi connectivity index (χ2n) is 5.25. The van der Waals surface area contributed by atoms with Gasteiger partial charge in [-0.1, -0.05) is 13.8 Å². The van der Waals surface area contributed by atoms with E-state index in [2.05, 4.69) is 39.8 Å². The first-order chi connectivity index (χ1) is 8.52. The van der Waals surface area contributed by atoms with Crippen molar-refractivity contribution in [3.63, 3.8) is 0 Å². The van der Waals surface area contributed by atoms with Crippen LogP contribution < -0.4 is 0 Å². The zero-order valence-corrected chi connectivity index (χ0v) is 12.9. The predicted octanol–water partition coefficient (Wildman–Crippen LogP) is 1.95. The molecule has 0 aromatic carbocycles. The Kier molecular flexibility index (Phi) is 4.45. The predicted molar refractivity (Wildman–Crippen MR) is 75.4 cm³/mol. The van der Waals surface area contributed by atoms with Crippen LogP contribution in [-0.4, -0.2) is 39.0 Å². The Balaban J connectivity index is 2.08. The van der Waals surface area contributed by atoms with Crippen LogP contribution in [0, 0.1) is 5.92 Å². The largest absolute Gasteiger partial charge is 0.392 e. The maximum Gasteiger partial charge on any atom is 0.0767 e. The highest BCUT2D eigenvalue weighted by molar-refractivity contribution is 9.10. The van der Waals surface area contributed by atoms with Crippen molar-refractivity contribution in [2.24, 2.45) is 13.0 Å². The third-order valence-electron chi connectivity index (χ3n) is 3.88. The van der Waals surface area contributed by atoms with E-state index in [1.807, 2.05) is 11.7 Å². The average Bonchev–Trinajstić information content (AvgIpc) is 2.61. The lowest BCUT2D eigenvalue weighted by atomic mass is 9.96. The smallest absolute Gasteiger partial charge is 0.0767 e. The number of rotatable bonds is 3. The van der Waals surface area contributed by atoms with Crippen LogP contribution in [-0.2, 0) is 20.0 Å². The molecule has 18 heavy (non-hydrogen) atoms. The second-order valence-corrected chi connectivity index (χ2v) is 6.05. The molecule has 1 aromatic heterocycles. The van der Waals surface area contributed by atoms with Crippen molar-refractivity contribution < 1.29 is 5.11 Å². The molecule has 4 nitrogen and oxygen atoms in total. The van der Waals surface area contributed by atoms with E-state index < -0.39 is 0 Å². The summed E-state index contributed by atoms with van der Waals surface area (Å²) in [6, 6.07) is 0. The number of likely N-dealkylation sites (tertiary alicyclic amines) is 1. The number of aliphatic hydroxyl groups excluding tert-OH is 1. The fourth-order valence-corrected chi connectivity index (χ4v) is 3.20. The normalized spacial score (nSPS) is 25.6. The van der Waals surface area contributed by atoms with Crippen molar-refractivity contribution in [3.05, 3.63) is 15.9 Å². The SMILES string of the molecule is CCc1nn(C)c(CN2CCC(C)C(O)C2)c1Br. The minimum absolute atomic E-state index is 0.198. The summed E-state index contributed by atoms with van der Waals surface area (Å²) in [6.45, 7) is 6.91. The summed E-state index contributed by atoms with van der Waals surface area (Å²) < 4.78 is 3.08. The van der Waals surface area contributed by atoms with E-state index in [0.717, 1.165) is 42.6 Å². The maximum absolute atomic E-state index is 9.94. The summed E-state index contributed by atoms with van der Waals surface area (Å²) in [7, 11) is 1.99. The molecule has 2 unspecified atom stereocenters. The molecule has 0 saturated carbocycles. The molecule has 0 bridgehead atoms. The van der Waals surface area contributed by atoms with Crippen molar-refractivity contribution in [2.45, 2.75) is 39.3 Å². The van der Waals surface area contributed by atoms with Gasteiger partial charge in [-0.2, -0.15) is 5.10 Å². The maximum atomic E-state index is 9.94. The number of hydrogen-bond donors (Lipinski definition) is 1. The Morgan fingerprint density at radius 1 is 1.50 bits per heavy atom. The van der Waals surface area contributed by atoms with Crippen LogP contribution in [0.1, 0.15) is 31.7 Å². The molecule has 1 aliphatic heterocycles. The lowest BCUT2D eigenvalue weighted by Crippen LogP contribution is -2.42. The highest BCUT2D eigenvalue weighted by Gasteiger charge is 2.25. The van der Waals surface area contributed by atoms with Gasteiger partial charge < -0.3 is 5.11 Å². The van der Waals surface area contributed by atoms with Gasteiger partial charge in [-0.25, -0.2) is 0 Å². The van der Waals surface area contributed by atoms with E-state index in [0.29, 0.717) is 5.92 Å². The van der Waals surface area contributed by atoms with Gasteiger partial charge in [0.1, 0.15) is 0 Å². The van der Waals surface area contributed by atoms with Crippen LogP contribution in [0.5, 0.6) is 0 Å². The van der Waals surface area contributed by atoms with E-state index in [-0.39, 0.29) is 6.10 Å². The van der Waals surface area contributed by atoms with Gasteiger partial charge in [-0.05, 0) is 41.2 Å². The van der Waals surface area contributed by atoms with Crippen molar-refractivity contribution in [2.75, 3.05) is 13.1 Å². The van der Waals surface area contributed by atoms with Crippen LogP contribution in [0.4, 0.5) is 0 Å². The molecule has 1 N–H and O–H groups in total. The van der Waals surface area contributed by atoms with Crippen LogP contribution in [0.25, 0.3) is 0 Å². The monoisotopic (exact) mass is 315 g/mol. The molecule has 0 radical (unpaired) electrons. The van der Waals surface area contributed by atoms with E-state index >= 15 is 0 Å². The zero-order valence-electron chi connectivity index (χ0n) is 11.4. The first kappa shape index (κ1) is 14.0. The van der Waals surface area contributed by atoms with Gasteiger partial charge >= 0.3 is 0 Å². The molecule has 0 amide bonds. The number of halogens is 1. The van der Waals surface area contributed by atoms with Crippen molar-refractivity contribution in [1.82, 2.24) is 14.7 Å². The fourth-order valence-electron chi connectivity index (χ4n) is 2.46.